The van der Waals surface area contributed by atoms with E-state index in [2.05, 4.69) is 11.8 Å². The number of aryl methyl sites for hydroxylation is 1. The Balaban J connectivity index is 2.42. The van der Waals surface area contributed by atoms with Gasteiger partial charge in [-0.25, -0.2) is 0 Å². The maximum atomic E-state index is 11.9. The number of rotatable bonds is 4. The van der Waals surface area contributed by atoms with Crippen LogP contribution in [0.15, 0.2) is 18.2 Å². The van der Waals surface area contributed by atoms with E-state index in [4.69, 9.17) is 4.74 Å². The van der Waals surface area contributed by atoms with E-state index in [-0.39, 0.29) is 0 Å². The lowest BCUT2D eigenvalue weighted by atomic mass is 9.72. The van der Waals surface area contributed by atoms with Crippen molar-refractivity contribution >= 4 is 5.97 Å². The van der Waals surface area contributed by atoms with Gasteiger partial charge in [-0.1, -0.05) is 19.1 Å². The van der Waals surface area contributed by atoms with Crippen LogP contribution in [0, 0.1) is 0 Å². The van der Waals surface area contributed by atoms with Crippen molar-refractivity contribution in [1.82, 2.24) is 4.90 Å². The van der Waals surface area contributed by atoms with Crippen LogP contribution in [0.2, 0.25) is 0 Å². The number of methoxy groups -OCH3 is 1. The molecular weight excluding hydrogens is 254 g/mol. The molecule has 1 aliphatic rings. The molecule has 2 rings (SSSR count). The molecule has 1 aromatic rings. The molecule has 0 amide bonds. The Kier molecular flexibility index (Phi) is 4.33. The molecule has 0 saturated carbocycles. The van der Waals surface area contributed by atoms with Gasteiger partial charge in [0.05, 0.1) is 12.5 Å². The van der Waals surface area contributed by atoms with Crippen molar-refractivity contribution in [3.8, 4) is 5.75 Å². The smallest absolute Gasteiger partial charge is 0.314 e. The number of hydrogen-bond donors (Lipinski definition) is 1. The zero-order valence-corrected chi connectivity index (χ0v) is 12.5. The average Bonchev–Trinajstić information content (AvgIpc) is 2.47. The molecule has 4 heteroatoms. The highest BCUT2D eigenvalue weighted by Gasteiger charge is 2.42. The summed E-state index contributed by atoms with van der Waals surface area (Å²) in [5.41, 5.74) is 1.24. The fourth-order valence-electron chi connectivity index (χ4n) is 2.98. The first-order valence-corrected chi connectivity index (χ1v) is 7.13. The van der Waals surface area contributed by atoms with Crippen LogP contribution in [0.25, 0.3) is 0 Å². The van der Waals surface area contributed by atoms with Crippen LogP contribution >= 0.6 is 0 Å². The number of carboxylic acids is 1. The topological polar surface area (TPSA) is 49.8 Å². The molecule has 0 aromatic heterocycles. The van der Waals surface area contributed by atoms with Crippen LogP contribution in [0.4, 0.5) is 0 Å². The standard InChI is InChI=1S/C16H23NO3/c1-4-12-11-13(5-6-14(12)20-3)16(15(18)19)7-9-17(2)10-8-16/h5-6,11H,4,7-10H2,1-3H3,(H,18,19). The lowest BCUT2D eigenvalue weighted by molar-refractivity contribution is -0.145. The molecule has 1 N–H and O–H groups in total. The fraction of sp³-hybridized carbons (Fsp3) is 0.562. The van der Waals surface area contributed by atoms with Crippen LogP contribution in [0.5, 0.6) is 5.75 Å². The van der Waals surface area contributed by atoms with E-state index in [1.165, 1.54) is 0 Å². The summed E-state index contributed by atoms with van der Waals surface area (Å²) in [5, 5.41) is 9.77. The molecule has 1 heterocycles. The minimum Gasteiger partial charge on any atom is -0.496 e. The highest BCUT2D eigenvalue weighted by atomic mass is 16.5. The molecule has 1 fully saturated rings. The van der Waals surface area contributed by atoms with Gasteiger partial charge in [0.15, 0.2) is 0 Å². The van der Waals surface area contributed by atoms with Gasteiger partial charge in [-0.2, -0.15) is 0 Å². The van der Waals surface area contributed by atoms with Gasteiger partial charge in [0.2, 0.25) is 0 Å². The van der Waals surface area contributed by atoms with Gasteiger partial charge in [-0.05, 0) is 56.6 Å². The molecular formula is C16H23NO3. The van der Waals surface area contributed by atoms with Gasteiger partial charge >= 0.3 is 5.97 Å². The summed E-state index contributed by atoms with van der Waals surface area (Å²) < 4.78 is 5.33. The predicted octanol–water partition coefficient (Wildman–Crippen LogP) is 2.31. The molecule has 0 aliphatic carbocycles. The van der Waals surface area contributed by atoms with E-state index in [0.717, 1.165) is 36.4 Å². The quantitative estimate of drug-likeness (QED) is 0.917. The maximum absolute atomic E-state index is 11.9. The first kappa shape index (κ1) is 14.9. The van der Waals surface area contributed by atoms with Crippen molar-refractivity contribution in [3.05, 3.63) is 29.3 Å². The van der Waals surface area contributed by atoms with E-state index in [9.17, 15) is 9.90 Å². The molecule has 4 nitrogen and oxygen atoms in total. The number of aliphatic carboxylic acids is 1. The molecule has 1 aromatic carbocycles. The zero-order chi connectivity index (χ0) is 14.8. The monoisotopic (exact) mass is 277 g/mol. The van der Waals surface area contributed by atoms with Gasteiger partial charge in [0, 0.05) is 0 Å². The Morgan fingerprint density at radius 1 is 1.40 bits per heavy atom. The predicted molar refractivity (Wildman–Crippen MR) is 78.4 cm³/mol. The number of piperidine rings is 1. The summed E-state index contributed by atoms with van der Waals surface area (Å²) in [7, 11) is 3.69. The Bertz CT molecular complexity index is 490. The van der Waals surface area contributed by atoms with Gasteiger partial charge in [0.1, 0.15) is 5.75 Å². The highest BCUT2D eigenvalue weighted by Crippen LogP contribution is 2.37. The van der Waals surface area contributed by atoms with E-state index in [0.29, 0.717) is 12.8 Å². The molecule has 0 radical (unpaired) electrons. The number of nitrogens with zero attached hydrogens (tertiary/aromatic N) is 1. The summed E-state index contributed by atoms with van der Waals surface area (Å²) >= 11 is 0. The normalized spacial score (nSPS) is 18.8. The molecule has 0 spiro atoms. The third-order valence-corrected chi connectivity index (χ3v) is 4.46. The van der Waals surface area contributed by atoms with Gasteiger partial charge in [-0.15, -0.1) is 0 Å². The van der Waals surface area contributed by atoms with Crippen molar-refractivity contribution in [2.75, 3.05) is 27.2 Å². The second-order valence-electron chi connectivity index (χ2n) is 5.57. The number of carboxylic acid groups (broad SMARTS) is 1. The van der Waals surface area contributed by atoms with Crippen LogP contribution < -0.4 is 4.74 Å². The van der Waals surface area contributed by atoms with Crippen molar-refractivity contribution < 1.29 is 14.6 Å². The van der Waals surface area contributed by atoms with Crippen molar-refractivity contribution in [2.45, 2.75) is 31.6 Å². The summed E-state index contributed by atoms with van der Waals surface area (Å²) in [6, 6.07) is 5.83. The third kappa shape index (κ3) is 2.52. The van der Waals surface area contributed by atoms with Crippen LogP contribution in [-0.4, -0.2) is 43.2 Å². The molecule has 1 aliphatic heterocycles. The minimum absolute atomic E-state index is 0.661. The number of benzene rings is 1. The Morgan fingerprint density at radius 3 is 2.55 bits per heavy atom. The highest BCUT2D eigenvalue weighted by molar-refractivity contribution is 5.81. The molecule has 0 bridgehead atoms. The second kappa shape index (κ2) is 5.83. The van der Waals surface area contributed by atoms with Gasteiger partial charge < -0.3 is 14.7 Å². The van der Waals surface area contributed by atoms with Crippen LogP contribution in [-0.2, 0) is 16.6 Å². The molecule has 0 atom stereocenters. The SMILES string of the molecule is CCc1cc(C2(C(=O)O)CCN(C)CC2)ccc1OC. The van der Waals surface area contributed by atoms with Crippen molar-refractivity contribution in [3.63, 3.8) is 0 Å². The zero-order valence-electron chi connectivity index (χ0n) is 12.5. The largest absolute Gasteiger partial charge is 0.496 e. The van der Waals surface area contributed by atoms with E-state index < -0.39 is 11.4 Å². The van der Waals surface area contributed by atoms with Crippen molar-refractivity contribution in [2.24, 2.45) is 0 Å². The fourth-order valence-corrected chi connectivity index (χ4v) is 2.98. The summed E-state index contributed by atoms with van der Waals surface area (Å²) in [6.07, 6.45) is 2.16. The summed E-state index contributed by atoms with van der Waals surface area (Å²) in [6.45, 7) is 3.70. The van der Waals surface area contributed by atoms with E-state index >= 15 is 0 Å². The number of ether oxygens (including phenoxy) is 1. The molecule has 110 valence electrons. The van der Waals surface area contributed by atoms with Crippen molar-refractivity contribution in [1.29, 1.82) is 0 Å². The lowest BCUT2D eigenvalue weighted by Gasteiger charge is -2.38. The molecule has 1 saturated heterocycles. The lowest BCUT2D eigenvalue weighted by Crippen LogP contribution is -2.46. The van der Waals surface area contributed by atoms with E-state index in [1.807, 2.05) is 25.2 Å². The Hall–Kier alpha value is -1.55. The Labute approximate surface area is 120 Å². The molecule has 0 unspecified atom stereocenters. The second-order valence-corrected chi connectivity index (χ2v) is 5.57. The first-order chi connectivity index (χ1) is 9.53. The molecule has 20 heavy (non-hydrogen) atoms. The third-order valence-electron chi connectivity index (χ3n) is 4.46. The maximum Gasteiger partial charge on any atom is 0.314 e. The van der Waals surface area contributed by atoms with Crippen LogP contribution in [0.1, 0.15) is 30.9 Å². The average molecular weight is 277 g/mol. The first-order valence-electron chi connectivity index (χ1n) is 7.13. The number of carbonyl (C=O) groups is 1. The summed E-state index contributed by atoms with van der Waals surface area (Å²) in [4.78, 5) is 14.1. The summed E-state index contributed by atoms with van der Waals surface area (Å²) in [5.74, 6) is 0.127. The minimum atomic E-state index is -0.747. The number of likely N-dealkylation sites (tertiary alicyclic amines) is 1. The van der Waals surface area contributed by atoms with Crippen LogP contribution in [0.3, 0.4) is 0 Å². The van der Waals surface area contributed by atoms with Gasteiger partial charge in [0.25, 0.3) is 0 Å². The number of hydrogen-bond acceptors (Lipinski definition) is 3. The van der Waals surface area contributed by atoms with E-state index in [1.54, 1.807) is 7.11 Å². The van der Waals surface area contributed by atoms with Gasteiger partial charge in [-0.3, -0.25) is 4.79 Å². The Morgan fingerprint density at radius 2 is 2.05 bits per heavy atom.